The standard InChI is InChI=1S/C20H25N/c1-21-15-20(18-6-3-2-4-7-18)14-16-10-12-19(13-11-16)17-8-5-9-17/h2-4,6-7,10-13,17,20-21H,5,8-9,14-15H2,1H3. The summed E-state index contributed by atoms with van der Waals surface area (Å²) in [6.45, 7) is 1.02. The Kier molecular flexibility index (Phi) is 4.72. The molecular weight excluding hydrogens is 254 g/mol. The molecule has 2 aromatic carbocycles. The zero-order valence-electron chi connectivity index (χ0n) is 12.9. The molecule has 1 N–H and O–H groups in total. The van der Waals surface area contributed by atoms with E-state index in [1.165, 1.54) is 36.0 Å². The van der Waals surface area contributed by atoms with E-state index in [4.69, 9.17) is 0 Å². The molecular formula is C20H25N. The van der Waals surface area contributed by atoms with Crippen molar-refractivity contribution in [2.24, 2.45) is 0 Å². The molecule has 0 spiro atoms. The summed E-state index contributed by atoms with van der Waals surface area (Å²) in [4.78, 5) is 0. The first kappa shape index (κ1) is 14.3. The van der Waals surface area contributed by atoms with Gasteiger partial charge in [-0.3, -0.25) is 0 Å². The van der Waals surface area contributed by atoms with Gasteiger partial charge in [-0.15, -0.1) is 0 Å². The van der Waals surface area contributed by atoms with E-state index in [1.807, 2.05) is 7.05 Å². The predicted octanol–water partition coefficient (Wildman–Crippen LogP) is 4.50. The van der Waals surface area contributed by atoms with Gasteiger partial charge >= 0.3 is 0 Å². The Morgan fingerprint density at radius 2 is 1.71 bits per heavy atom. The van der Waals surface area contributed by atoms with Crippen molar-refractivity contribution in [1.29, 1.82) is 0 Å². The van der Waals surface area contributed by atoms with Gasteiger partial charge in [-0.1, -0.05) is 61.0 Å². The summed E-state index contributed by atoms with van der Waals surface area (Å²) in [5, 5.41) is 3.33. The van der Waals surface area contributed by atoms with Gasteiger partial charge < -0.3 is 5.32 Å². The van der Waals surface area contributed by atoms with E-state index in [0.717, 1.165) is 18.9 Å². The zero-order chi connectivity index (χ0) is 14.5. The molecule has 3 rings (SSSR count). The van der Waals surface area contributed by atoms with Crippen molar-refractivity contribution < 1.29 is 0 Å². The second-order valence-corrected chi connectivity index (χ2v) is 6.24. The van der Waals surface area contributed by atoms with Crippen LogP contribution < -0.4 is 5.32 Å². The average Bonchev–Trinajstić information content (AvgIpc) is 2.48. The normalized spacial score (nSPS) is 16.4. The van der Waals surface area contributed by atoms with Crippen molar-refractivity contribution in [3.63, 3.8) is 0 Å². The van der Waals surface area contributed by atoms with Crippen LogP contribution in [-0.4, -0.2) is 13.6 Å². The second kappa shape index (κ2) is 6.91. The van der Waals surface area contributed by atoms with Gasteiger partial charge in [-0.05, 0) is 48.9 Å². The van der Waals surface area contributed by atoms with Gasteiger partial charge in [-0.25, -0.2) is 0 Å². The molecule has 21 heavy (non-hydrogen) atoms. The van der Waals surface area contributed by atoms with E-state index in [2.05, 4.69) is 59.9 Å². The van der Waals surface area contributed by atoms with Gasteiger partial charge in [0, 0.05) is 12.5 Å². The van der Waals surface area contributed by atoms with Crippen LogP contribution in [0.15, 0.2) is 54.6 Å². The van der Waals surface area contributed by atoms with Gasteiger partial charge in [0.2, 0.25) is 0 Å². The molecule has 110 valence electrons. The number of benzene rings is 2. The Morgan fingerprint density at radius 3 is 2.29 bits per heavy atom. The Morgan fingerprint density at radius 1 is 1.00 bits per heavy atom. The fourth-order valence-corrected chi connectivity index (χ4v) is 3.23. The van der Waals surface area contributed by atoms with Gasteiger partial charge in [-0.2, -0.15) is 0 Å². The van der Waals surface area contributed by atoms with E-state index in [0.29, 0.717) is 5.92 Å². The number of likely N-dealkylation sites (N-methyl/N-ethyl adjacent to an activating group) is 1. The highest BCUT2D eigenvalue weighted by Gasteiger charge is 2.19. The molecule has 1 nitrogen and oxygen atoms in total. The molecule has 1 atom stereocenters. The molecule has 2 aromatic rings. The largest absolute Gasteiger partial charge is 0.319 e. The van der Waals surface area contributed by atoms with E-state index in [-0.39, 0.29) is 0 Å². The molecule has 1 heteroatoms. The smallest absolute Gasteiger partial charge is 0.00203 e. The molecule has 0 heterocycles. The Hall–Kier alpha value is -1.60. The van der Waals surface area contributed by atoms with Crippen molar-refractivity contribution in [3.8, 4) is 0 Å². The summed E-state index contributed by atoms with van der Waals surface area (Å²) in [5.41, 5.74) is 4.41. The molecule has 0 aliphatic heterocycles. The van der Waals surface area contributed by atoms with Gasteiger partial charge in [0.05, 0.1) is 0 Å². The molecule has 1 saturated carbocycles. The number of hydrogen-bond donors (Lipinski definition) is 1. The molecule has 0 saturated heterocycles. The third-order valence-corrected chi connectivity index (χ3v) is 4.76. The molecule has 1 aliphatic rings. The van der Waals surface area contributed by atoms with Crippen LogP contribution >= 0.6 is 0 Å². The van der Waals surface area contributed by atoms with E-state index in [1.54, 1.807) is 0 Å². The van der Waals surface area contributed by atoms with Crippen molar-refractivity contribution in [3.05, 3.63) is 71.3 Å². The van der Waals surface area contributed by atoms with Crippen LogP contribution in [0.3, 0.4) is 0 Å². The monoisotopic (exact) mass is 279 g/mol. The summed E-state index contributed by atoms with van der Waals surface area (Å²) in [7, 11) is 2.04. The highest BCUT2D eigenvalue weighted by Crippen LogP contribution is 2.36. The van der Waals surface area contributed by atoms with Crippen LogP contribution in [0.25, 0.3) is 0 Å². The van der Waals surface area contributed by atoms with Crippen LogP contribution in [0.2, 0.25) is 0 Å². The highest BCUT2D eigenvalue weighted by atomic mass is 14.8. The van der Waals surface area contributed by atoms with Crippen molar-refractivity contribution >= 4 is 0 Å². The first-order chi connectivity index (χ1) is 10.4. The summed E-state index contributed by atoms with van der Waals surface area (Å²) in [5.74, 6) is 1.38. The maximum Gasteiger partial charge on any atom is 0.00203 e. The van der Waals surface area contributed by atoms with Crippen LogP contribution in [0.5, 0.6) is 0 Å². The molecule has 0 aromatic heterocycles. The minimum atomic E-state index is 0.547. The number of hydrogen-bond acceptors (Lipinski definition) is 1. The van der Waals surface area contributed by atoms with Gasteiger partial charge in [0.25, 0.3) is 0 Å². The summed E-state index contributed by atoms with van der Waals surface area (Å²) >= 11 is 0. The lowest BCUT2D eigenvalue weighted by Gasteiger charge is -2.26. The average molecular weight is 279 g/mol. The minimum Gasteiger partial charge on any atom is -0.319 e. The van der Waals surface area contributed by atoms with Gasteiger partial charge in [0.1, 0.15) is 0 Å². The summed E-state index contributed by atoms with van der Waals surface area (Å²) in [6.07, 6.45) is 5.28. The molecule has 0 amide bonds. The number of rotatable bonds is 6. The molecule has 1 unspecified atom stereocenters. The SMILES string of the molecule is CNCC(Cc1ccc(C2CCC2)cc1)c1ccccc1. The van der Waals surface area contributed by atoms with Gasteiger partial charge in [0.15, 0.2) is 0 Å². The minimum absolute atomic E-state index is 0.547. The fraction of sp³-hybridized carbons (Fsp3) is 0.400. The van der Waals surface area contributed by atoms with E-state index in [9.17, 15) is 0 Å². The lowest BCUT2D eigenvalue weighted by Crippen LogP contribution is -2.19. The lowest BCUT2D eigenvalue weighted by atomic mass is 9.79. The lowest BCUT2D eigenvalue weighted by molar-refractivity contribution is 0.419. The predicted molar refractivity (Wildman–Crippen MR) is 89.8 cm³/mol. The van der Waals surface area contributed by atoms with Crippen LogP contribution in [-0.2, 0) is 6.42 Å². The quantitative estimate of drug-likeness (QED) is 0.821. The third kappa shape index (κ3) is 3.54. The van der Waals surface area contributed by atoms with Crippen LogP contribution in [0.1, 0.15) is 47.8 Å². The Balaban J connectivity index is 1.70. The highest BCUT2D eigenvalue weighted by molar-refractivity contribution is 5.29. The Bertz CT molecular complexity index is 540. The van der Waals surface area contributed by atoms with Crippen molar-refractivity contribution in [2.75, 3.05) is 13.6 Å². The first-order valence-electron chi connectivity index (χ1n) is 8.15. The topological polar surface area (TPSA) is 12.0 Å². The Labute approximate surface area is 128 Å². The summed E-state index contributed by atoms with van der Waals surface area (Å²) < 4.78 is 0. The maximum absolute atomic E-state index is 3.33. The molecule has 0 bridgehead atoms. The number of nitrogens with one attached hydrogen (secondary N) is 1. The van der Waals surface area contributed by atoms with Crippen LogP contribution in [0.4, 0.5) is 0 Å². The third-order valence-electron chi connectivity index (χ3n) is 4.76. The van der Waals surface area contributed by atoms with E-state index >= 15 is 0 Å². The molecule has 1 fully saturated rings. The summed E-state index contributed by atoms with van der Waals surface area (Å²) in [6, 6.07) is 20.2. The molecule has 0 radical (unpaired) electrons. The molecule has 1 aliphatic carbocycles. The van der Waals surface area contributed by atoms with Crippen molar-refractivity contribution in [1.82, 2.24) is 5.32 Å². The van der Waals surface area contributed by atoms with E-state index < -0.39 is 0 Å². The van der Waals surface area contributed by atoms with Crippen LogP contribution in [0, 0.1) is 0 Å². The fourth-order valence-electron chi connectivity index (χ4n) is 3.23. The first-order valence-corrected chi connectivity index (χ1v) is 8.15. The van der Waals surface area contributed by atoms with Crippen molar-refractivity contribution in [2.45, 2.75) is 37.5 Å². The maximum atomic E-state index is 3.33. The second-order valence-electron chi connectivity index (χ2n) is 6.24. The zero-order valence-corrected chi connectivity index (χ0v) is 12.9.